The third-order valence-corrected chi connectivity index (χ3v) is 1.64. The van der Waals surface area contributed by atoms with E-state index in [2.05, 4.69) is 0 Å². The van der Waals surface area contributed by atoms with Crippen LogP contribution in [0.25, 0.3) is 0 Å². The lowest BCUT2D eigenvalue weighted by molar-refractivity contribution is 0.415. The van der Waals surface area contributed by atoms with Crippen LogP contribution in [0, 0.1) is 0 Å². The van der Waals surface area contributed by atoms with Crippen molar-refractivity contribution in [1.29, 1.82) is 0 Å². The van der Waals surface area contributed by atoms with Gasteiger partial charge in [0.1, 0.15) is 6.10 Å². The molecule has 1 aliphatic rings. The molecule has 0 spiro atoms. The molecule has 0 saturated carbocycles. The van der Waals surface area contributed by atoms with Gasteiger partial charge in [-0.25, -0.2) is 0 Å². The lowest BCUT2D eigenvalue weighted by Crippen LogP contribution is -1.84. The second kappa shape index (κ2) is 1.99. The second-order valence-corrected chi connectivity index (χ2v) is 2.49. The largest absolute Gasteiger partial charge is 0.399 e. The summed E-state index contributed by atoms with van der Waals surface area (Å²) in [5.41, 5.74) is 7.55. The van der Waals surface area contributed by atoms with Gasteiger partial charge < -0.3 is 10.5 Å². The zero-order chi connectivity index (χ0) is 6.97. The van der Waals surface area contributed by atoms with Gasteiger partial charge in [0.05, 0.1) is 6.61 Å². The van der Waals surface area contributed by atoms with Crippen LogP contribution in [0.5, 0.6) is 0 Å². The molecule has 2 N–H and O–H groups in total. The minimum Gasteiger partial charge on any atom is -0.399 e. The molecule has 2 rings (SSSR count). The molecule has 1 aliphatic heterocycles. The molecule has 0 bridgehead atoms. The first-order chi connectivity index (χ1) is 4.86. The number of hydrogen-bond acceptors (Lipinski definition) is 2. The molecule has 0 aromatic heterocycles. The smallest absolute Gasteiger partial charge is 0.106 e. The molecule has 1 heterocycles. The van der Waals surface area contributed by atoms with Crippen molar-refractivity contribution in [2.75, 3.05) is 12.3 Å². The number of rotatable bonds is 1. The van der Waals surface area contributed by atoms with E-state index in [9.17, 15) is 0 Å². The molecule has 1 aromatic rings. The van der Waals surface area contributed by atoms with Gasteiger partial charge in [-0.1, -0.05) is 12.1 Å². The third-order valence-electron chi connectivity index (χ3n) is 1.64. The van der Waals surface area contributed by atoms with Gasteiger partial charge in [0.15, 0.2) is 0 Å². The van der Waals surface area contributed by atoms with Gasteiger partial charge >= 0.3 is 0 Å². The van der Waals surface area contributed by atoms with Crippen molar-refractivity contribution >= 4 is 5.69 Å². The number of anilines is 1. The van der Waals surface area contributed by atoms with Crippen LogP contribution in [0.3, 0.4) is 0 Å². The van der Waals surface area contributed by atoms with Crippen LogP contribution in [-0.2, 0) is 4.74 Å². The van der Waals surface area contributed by atoms with Crippen molar-refractivity contribution < 1.29 is 4.74 Å². The second-order valence-electron chi connectivity index (χ2n) is 2.49. The van der Waals surface area contributed by atoms with E-state index in [1.165, 1.54) is 5.56 Å². The Morgan fingerprint density at radius 3 is 2.40 bits per heavy atom. The highest BCUT2D eigenvalue weighted by molar-refractivity contribution is 5.40. The fourth-order valence-electron chi connectivity index (χ4n) is 0.951. The molecule has 2 heteroatoms. The van der Waals surface area contributed by atoms with Crippen LogP contribution in [0.1, 0.15) is 11.7 Å². The van der Waals surface area contributed by atoms with Gasteiger partial charge in [-0.3, -0.25) is 0 Å². The lowest BCUT2D eigenvalue weighted by Gasteiger charge is -1.94. The highest BCUT2D eigenvalue weighted by atomic mass is 16.6. The zero-order valence-corrected chi connectivity index (χ0v) is 5.58. The Balaban J connectivity index is 2.28. The number of nitrogens with two attached hydrogens (primary N) is 1. The van der Waals surface area contributed by atoms with Crippen LogP contribution in [0.15, 0.2) is 24.3 Å². The molecule has 52 valence electrons. The topological polar surface area (TPSA) is 38.5 Å². The summed E-state index contributed by atoms with van der Waals surface area (Å²) in [6.07, 6.45) is 0.348. The first-order valence-electron chi connectivity index (χ1n) is 3.33. The highest BCUT2D eigenvalue weighted by Crippen LogP contribution is 2.29. The Bertz CT molecular complexity index is 226. The number of ether oxygens (including phenoxy) is 1. The maximum atomic E-state index is 5.51. The summed E-state index contributed by atoms with van der Waals surface area (Å²) in [4.78, 5) is 0. The average Bonchev–Trinajstić information content (AvgIpc) is 2.71. The van der Waals surface area contributed by atoms with Crippen molar-refractivity contribution in [3.63, 3.8) is 0 Å². The number of nitrogen functional groups attached to an aromatic ring is 1. The van der Waals surface area contributed by atoms with Crippen LogP contribution in [0.2, 0.25) is 0 Å². The average molecular weight is 135 g/mol. The summed E-state index contributed by atoms with van der Waals surface area (Å²) in [6, 6.07) is 7.81. The maximum absolute atomic E-state index is 5.51. The lowest BCUT2D eigenvalue weighted by atomic mass is 10.1. The summed E-state index contributed by atoms with van der Waals surface area (Å²) in [5.74, 6) is 0. The summed E-state index contributed by atoms with van der Waals surface area (Å²) < 4.78 is 5.09. The minimum absolute atomic E-state index is 0.348. The third kappa shape index (κ3) is 0.977. The van der Waals surface area contributed by atoms with E-state index in [0.717, 1.165) is 12.3 Å². The van der Waals surface area contributed by atoms with Gasteiger partial charge in [-0.15, -0.1) is 0 Å². The van der Waals surface area contributed by atoms with Gasteiger partial charge in [0.2, 0.25) is 0 Å². The summed E-state index contributed by atoms with van der Waals surface area (Å²) in [6.45, 7) is 0.865. The Kier molecular flexibility index (Phi) is 1.14. The standard InChI is InChI=1S/C8H9NO/c9-7-3-1-6(2-4-7)8-5-10-8/h1-4,8H,5,9H2. The predicted octanol–water partition coefficient (Wildman–Crippen LogP) is 1.34. The van der Waals surface area contributed by atoms with Crippen molar-refractivity contribution in [1.82, 2.24) is 0 Å². The normalized spacial score (nSPS) is 22.6. The molecule has 1 aromatic carbocycles. The maximum Gasteiger partial charge on any atom is 0.106 e. The molecule has 10 heavy (non-hydrogen) atoms. The van der Waals surface area contributed by atoms with Gasteiger partial charge in [0.25, 0.3) is 0 Å². The van der Waals surface area contributed by atoms with E-state index >= 15 is 0 Å². The van der Waals surface area contributed by atoms with Crippen LogP contribution in [0.4, 0.5) is 5.69 Å². The van der Waals surface area contributed by atoms with Crippen molar-refractivity contribution in [2.24, 2.45) is 0 Å². The monoisotopic (exact) mass is 135 g/mol. The Labute approximate surface area is 59.6 Å². The van der Waals surface area contributed by atoms with Crippen molar-refractivity contribution in [2.45, 2.75) is 6.10 Å². The van der Waals surface area contributed by atoms with E-state index in [1.54, 1.807) is 0 Å². The minimum atomic E-state index is 0.348. The van der Waals surface area contributed by atoms with Gasteiger partial charge in [-0.05, 0) is 17.7 Å². The Morgan fingerprint density at radius 2 is 1.90 bits per heavy atom. The van der Waals surface area contributed by atoms with E-state index in [-0.39, 0.29) is 0 Å². The first-order valence-corrected chi connectivity index (χ1v) is 3.33. The highest BCUT2D eigenvalue weighted by Gasteiger charge is 2.23. The van der Waals surface area contributed by atoms with Gasteiger partial charge in [0, 0.05) is 5.69 Å². The predicted molar refractivity (Wildman–Crippen MR) is 39.5 cm³/mol. The molecule has 0 radical (unpaired) electrons. The summed E-state index contributed by atoms with van der Waals surface area (Å²) in [7, 11) is 0. The number of hydrogen-bond donors (Lipinski definition) is 1. The Hall–Kier alpha value is -1.02. The number of benzene rings is 1. The molecule has 0 amide bonds. The summed E-state index contributed by atoms with van der Waals surface area (Å²) >= 11 is 0. The molecular formula is C8H9NO. The van der Waals surface area contributed by atoms with Crippen LogP contribution in [-0.4, -0.2) is 6.61 Å². The quantitative estimate of drug-likeness (QED) is 0.466. The van der Waals surface area contributed by atoms with E-state index in [4.69, 9.17) is 10.5 Å². The van der Waals surface area contributed by atoms with Crippen molar-refractivity contribution in [3.8, 4) is 0 Å². The molecule has 0 aliphatic carbocycles. The molecule has 1 atom stereocenters. The first kappa shape index (κ1) is 5.74. The van der Waals surface area contributed by atoms with E-state index in [0.29, 0.717) is 6.10 Å². The Morgan fingerprint density at radius 1 is 1.30 bits per heavy atom. The van der Waals surface area contributed by atoms with E-state index < -0.39 is 0 Å². The van der Waals surface area contributed by atoms with E-state index in [1.807, 2.05) is 24.3 Å². The molecular weight excluding hydrogens is 126 g/mol. The molecule has 1 unspecified atom stereocenters. The fraction of sp³-hybridized carbons (Fsp3) is 0.250. The molecule has 2 nitrogen and oxygen atoms in total. The van der Waals surface area contributed by atoms with Crippen LogP contribution < -0.4 is 5.73 Å². The van der Waals surface area contributed by atoms with Crippen molar-refractivity contribution in [3.05, 3.63) is 29.8 Å². The van der Waals surface area contributed by atoms with Gasteiger partial charge in [-0.2, -0.15) is 0 Å². The molecule has 1 fully saturated rings. The SMILES string of the molecule is Nc1ccc(C2CO2)cc1. The molecule has 1 saturated heterocycles. The summed E-state index contributed by atoms with van der Waals surface area (Å²) in [5, 5.41) is 0. The number of epoxide rings is 1. The zero-order valence-electron chi connectivity index (χ0n) is 5.58. The van der Waals surface area contributed by atoms with Crippen LogP contribution >= 0.6 is 0 Å². The fourth-order valence-corrected chi connectivity index (χ4v) is 0.951.